The summed E-state index contributed by atoms with van der Waals surface area (Å²) in [4.78, 5) is 1.25. The Labute approximate surface area is 135 Å². The SMILES string of the molecule is Cc1c(CCO)s/c(=N\N=C\C(F)(F)F)n1Cc1ccccc1. The molecule has 2 aromatic rings. The molecule has 8 heteroatoms. The van der Waals surface area contributed by atoms with Crippen LogP contribution in [0.5, 0.6) is 0 Å². The maximum Gasteiger partial charge on any atom is 0.428 e. The van der Waals surface area contributed by atoms with Gasteiger partial charge in [0.15, 0.2) is 0 Å². The third-order valence-corrected chi connectivity index (χ3v) is 4.35. The summed E-state index contributed by atoms with van der Waals surface area (Å²) in [5, 5.41) is 15.9. The average molecular weight is 343 g/mol. The molecule has 0 fully saturated rings. The third-order valence-electron chi connectivity index (χ3n) is 3.12. The lowest BCUT2D eigenvalue weighted by Gasteiger charge is -2.06. The second-order valence-electron chi connectivity index (χ2n) is 4.82. The number of hydrogen-bond donors (Lipinski definition) is 1. The molecule has 0 radical (unpaired) electrons. The Balaban J connectivity index is 2.41. The van der Waals surface area contributed by atoms with Crippen molar-refractivity contribution in [1.29, 1.82) is 0 Å². The Morgan fingerprint density at radius 1 is 1.26 bits per heavy atom. The minimum absolute atomic E-state index is 0.0298. The molecule has 2 rings (SSSR count). The van der Waals surface area contributed by atoms with Crippen molar-refractivity contribution in [3.8, 4) is 0 Å². The van der Waals surface area contributed by atoms with E-state index in [1.54, 1.807) is 4.57 Å². The lowest BCUT2D eigenvalue weighted by Crippen LogP contribution is -2.17. The topological polar surface area (TPSA) is 49.9 Å². The van der Waals surface area contributed by atoms with Gasteiger partial charge in [-0.3, -0.25) is 0 Å². The normalized spacial score (nSPS) is 13.2. The zero-order chi connectivity index (χ0) is 16.9. The molecule has 0 amide bonds. The second kappa shape index (κ2) is 7.56. The van der Waals surface area contributed by atoms with Crippen LogP contribution in [-0.4, -0.2) is 28.7 Å². The van der Waals surface area contributed by atoms with Crippen LogP contribution in [0.3, 0.4) is 0 Å². The van der Waals surface area contributed by atoms with Gasteiger partial charge in [0, 0.05) is 23.6 Å². The van der Waals surface area contributed by atoms with Crippen molar-refractivity contribution in [2.24, 2.45) is 10.2 Å². The number of aromatic nitrogens is 1. The highest BCUT2D eigenvalue weighted by atomic mass is 32.1. The number of alkyl halides is 3. The van der Waals surface area contributed by atoms with Gasteiger partial charge >= 0.3 is 6.18 Å². The van der Waals surface area contributed by atoms with Crippen LogP contribution in [-0.2, 0) is 13.0 Å². The molecule has 0 atom stereocenters. The van der Waals surface area contributed by atoms with Crippen molar-refractivity contribution in [2.45, 2.75) is 26.1 Å². The van der Waals surface area contributed by atoms with Crippen molar-refractivity contribution in [2.75, 3.05) is 6.61 Å². The molecule has 124 valence electrons. The summed E-state index contributed by atoms with van der Waals surface area (Å²) in [6.45, 7) is 2.31. The van der Waals surface area contributed by atoms with Gasteiger partial charge in [-0.2, -0.15) is 18.3 Å². The number of rotatable bonds is 5. The summed E-state index contributed by atoms with van der Waals surface area (Å²) in [7, 11) is 0. The number of aliphatic hydroxyl groups excluding tert-OH is 1. The van der Waals surface area contributed by atoms with Crippen LogP contribution in [0, 0.1) is 6.92 Å². The summed E-state index contributed by atoms with van der Waals surface area (Å²) in [5.41, 5.74) is 1.87. The van der Waals surface area contributed by atoms with E-state index >= 15 is 0 Å². The fourth-order valence-corrected chi connectivity index (χ4v) is 3.11. The van der Waals surface area contributed by atoms with E-state index in [0.29, 0.717) is 17.8 Å². The van der Waals surface area contributed by atoms with E-state index < -0.39 is 6.18 Å². The molecule has 1 aromatic carbocycles. The fraction of sp³-hybridized carbons (Fsp3) is 0.333. The van der Waals surface area contributed by atoms with Crippen molar-refractivity contribution in [3.05, 3.63) is 51.3 Å². The van der Waals surface area contributed by atoms with E-state index in [2.05, 4.69) is 10.2 Å². The lowest BCUT2D eigenvalue weighted by atomic mass is 10.2. The van der Waals surface area contributed by atoms with E-state index in [0.717, 1.165) is 16.1 Å². The van der Waals surface area contributed by atoms with Crippen molar-refractivity contribution >= 4 is 17.6 Å². The highest BCUT2D eigenvalue weighted by molar-refractivity contribution is 7.09. The molecule has 23 heavy (non-hydrogen) atoms. The summed E-state index contributed by atoms with van der Waals surface area (Å²) in [6.07, 6.45) is -4.20. The van der Waals surface area contributed by atoms with E-state index in [-0.39, 0.29) is 12.8 Å². The highest BCUT2D eigenvalue weighted by Gasteiger charge is 2.23. The molecule has 0 saturated carbocycles. The number of thiazole rings is 1. The molecule has 0 spiro atoms. The van der Waals surface area contributed by atoms with E-state index in [9.17, 15) is 13.2 Å². The van der Waals surface area contributed by atoms with Crippen LogP contribution in [0.4, 0.5) is 13.2 Å². The van der Waals surface area contributed by atoms with E-state index in [1.165, 1.54) is 11.3 Å². The summed E-state index contributed by atoms with van der Waals surface area (Å²) in [6, 6.07) is 9.54. The van der Waals surface area contributed by atoms with Crippen molar-refractivity contribution < 1.29 is 18.3 Å². The van der Waals surface area contributed by atoms with Crippen molar-refractivity contribution in [1.82, 2.24) is 4.57 Å². The zero-order valence-corrected chi connectivity index (χ0v) is 13.2. The number of halogens is 3. The van der Waals surface area contributed by atoms with Crippen molar-refractivity contribution in [3.63, 3.8) is 0 Å². The molecule has 1 aromatic heterocycles. The predicted octanol–water partition coefficient (Wildman–Crippen LogP) is 2.89. The maximum absolute atomic E-state index is 12.2. The molecule has 1 heterocycles. The second-order valence-corrected chi connectivity index (χ2v) is 5.89. The smallest absolute Gasteiger partial charge is 0.396 e. The summed E-state index contributed by atoms with van der Waals surface area (Å²) >= 11 is 1.24. The Bertz CT molecular complexity index is 733. The number of nitrogens with zero attached hydrogens (tertiary/aromatic N) is 3. The van der Waals surface area contributed by atoms with Gasteiger partial charge in [-0.25, -0.2) is 0 Å². The largest absolute Gasteiger partial charge is 0.428 e. The van der Waals surface area contributed by atoms with Gasteiger partial charge in [-0.15, -0.1) is 5.10 Å². The predicted molar refractivity (Wildman–Crippen MR) is 83.5 cm³/mol. The Kier molecular flexibility index (Phi) is 5.73. The molecule has 4 nitrogen and oxygen atoms in total. The summed E-state index contributed by atoms with van der Waals surface area (Å²) < 4.78 is 38.3. The molecule has 0 aliphatic heterocycles. The highest BCUT2D eigenvalue weighted by Crippen LogP contribution is 2.15. The van der Waals surface area contributed by atoms with Crippen LogP contribution >= 0.6 is 11.3 Å². The van der Waals surface area contributed by atoms with Gasteiger partial charge in [0.25, 0.3) is 0 Å². The first kappa shape index (κ1) is 17.4. The maximum atomic E-state index is 12.2. The lowest BCUT2D eigenvalue weighted by molar-refractivity contribution is -0.0537. The molecular formula is C15H16F3N3OS. The molecule has 0 saturated heterocycles. The first-order chi connectivity index (χ1) is 10.9. The van der Waals surface area contributed by atoms with Crippen LogP contribution in [0.2, 0.25) is 0 Å². The molecular weight excluding hydrogens is 327 g/mol. The Hall–Kier alpha value is -1.93. The van der Waals surface area contributed by atoms with Gasteiger partial charge in [-0.1, -0.05) is 41.7 Å². The monoisotopic (exact) mass is 343 g/mol. The van der Waals surface area contributed by atoms with Gasteiger partial charge in [0.1, 0.15) is 6.21 Å². The first-order valence-electron chi connectivity index (χ1n) is 6.89. The third kappa shape index (κ3) is 5.04. The van der Waals surface area contributed by atoms with Crippen LogP contribution in [0.25, 0.3) is 0 Å². The van der Waals surface area contributed by atoms with Gasteiger partial charge in [0.05, 0.1) is 6.54 Å². The van der Waals surface area contributed by atoms with Gasteiger partial charge < -0.3 is 9.67 Å². The van der Waals surface area contributed by atoms with Gasteiger partial charge in [0.2, 0.25) is 4.80 Å². The Morgan fingerprint density at radius 2 is 1.96 bits per heavy atom. The quantitative estimate of drug-likeness (QED) is 0.659. The van der Waals surface area contributed by atoms with Crippen LogP contribution in [0.1, 0.15) is 16.1 Å². The number of benzene rings is 1. The minimum Gasteiger partial charge on any atom is -0.396 e. The standard InChI is InChI=1S/C15H16F3N3OS/c1-11-13(7-8-22)23-14(20-19-10-15(16,17)18)21(11)9-12-5-3-2-4-6-12/h2-6,10,22H,7-9H2,1H3/b19-10+,20-14-. The van der Waals surface area contributed by atoms with Crippen LogP contribution < -0.4 is 4.80 Å². The summed E-state index contributed by atoms with van der Waals surface area (Å²) in [5.74, 6) is 0. The average Bonchev–Trinajstić information content (AvgIpc) is 2.77. The van der Waals surface area contributed by atoms with Gasteiger partial charge in [-0.05, 0) is 12.5 Å². The molecule has 0 bridgehead atoms. The van der Waals surface area contributed by atoms with E-state index in [4.69, 9.17) is 5.11 Å². The minimum atomic E-state index is -4.49. The molecule has 0 aliphatic rings. The van der Waals surface area contributed by atoms with Crippen LogP contribution in [0.15, 0.2) is 40.5 Å². The molecule has 0 unspecified atom stereocenters. The molecule has 0 aliphatic carbocycles. The Morgan fingerprint density at radius 3 is 2.57 bits per heavy atom. The molecule has 1 N–H and O–H groups in total. The fourth-order valence-electron chi connectivity index (χ4n) is 2.04. The zero-order valence-electron chi connectivity index (χ0n) is 12.4. The van der Waals surface area contributed by atoms with E-state index in [1.807, 2.05) is 37.3 Å². The first-order valence-corrected chi connectivity index (χ1v) is 7.71. The number of aliphatic hydroxyl groups is 1. The number of hydrogen-bond acceptors (Lipinski definition) is 4.